The van der Waals surface area contributed by atoms with E-state index in [-0.39, 0.29) is 16.5 Å². The van der Waals surface area contributed by atoms with E-state index in [0.29, 0.717) is 0 Å². The lowest BCUT2D eigenvalue weighted by atomic mass is 10.4. The van der Waals surface area contributed by atoms with Crippen molar-refractivity contribution in [2.45, 2.75) is 4.21 Å². The fraction of sp³-hybridized carbons (Fsp3) is 0.200. The van der Waals surface area contributed by atoms with Crippen LogP contribution in [0.2, 0.25) is 0 Å². The van der Waals surface area contributed by atoms with Gasteiger partial charge in [-0.1, -0.05) is 6.07 Å². The largest absolute Gasteiger partial charge is 0.426 e. The van der Waals surface area contributed by atoms with Crippen molar-refractivity contribution >= 4 is 40.7 Å². The van der Waals surface area contributed by atoms with E-state index >= 15 is 0 Å². The molecule has 21 heavy (non-hydrogen) atoms. The minimum absolute atomic E-state index is 0.0641. The van der Waals surface area contributed by atoms with Gasteiger partial charge in [-0.2, -0.15) is 4.72 Å². The van der Waals surface area contributed by atoms with Gasteiger partial charge in [-0.05, 0) is 23.6 Å². The summed E-state index contributed by atoms with van der Waals surface area (Å²) >= 11 is 6.71. The number of thiophene rings is 1. The zero-order valence-corrected chi connectivity index (χ0v) is 13.8. The van der Waals surface area contributed by atoms with E-state index in [0.717, 1.165) is 11.3 Å². The Morgan fingerprint density at radius 2 is 2.33 bits per heavy atom. The molecule has 1 aromatic heterocycles. The van der Waals surface area contributed by atoms with Crippen molar-refractivity contribution in [1.82, 2.24) is 9.14 Å². The van der Waals surface area contributed by atoms with Crippen molar-refractivity contribution in [1.29, 1.82) is 0 Å². The molecule has 0 amide bonds. The molecular weight excluding hydrogens is 359 g/mol. The lowest BCUT2D eigenvalue weighted by Crippen LogP contribution is -2.25. The first kappa shape index (κ1) is 16.5. The summed E-state index contributed by atoms with van der Waals surface area (Å²) in [5, 5.41) is 1.60. The molecule has 1 atom stereocenters. The van der Waals surface area contributed by atoms with Gasteiger partial charge in [0.1, 0.15) is 16.3 Å². The molecule has 116 valence electrons. The summed E-state index contributed by atoms with van der Waals surface area (Å²) < 4.78 is 43.9. The van der Waals surface area contributed by atoms with Crippen molar-refractivity contribution in [3.05, 3.63) is 41.6 Å². The van der Waals surface area contributed by atoms with Crippen LogP contribution in [0, 0.1) is 0 Å². The molecule has 0 aliphatic carbocycles. The molecule has 11 heteroatoms. The van der Waals surface area contributed by atoms with E-state index in [1.807, 2.05) is 0 Å². The highest BCUT2D eigenvalue weighted by Crippen LogP contribution is 2.44. The van der Waals surface area contributed by atoms with Crippen LogP contribution in [0.4, 0.5) is 0 Å². The third kappa shape index (κ3) is 4.84. The summed E-state index contributed by atoms with van der Waals surface area (Å²) in [6.07, 6.45) is 3.85. The first-order chi connectivity index (χ1) is 9.78. The van der Waals surface area contributed by atoms with Crippen LogP contribution in [-0.2, 0) is 19.1 Å². The number of allylic oxidation sites excluding steroid dienone is 2. The Bertz CT molecular complexity index is 701. The molecule has 0 saturated carbocycles. The quantitative estimate of drug-likeness (QED) is 0.587. The number of nitrogens with zero attached hydrogens (tertiary/aromatic N) is 1. The molecule has 2 heterocycles. The third-order valence-electron chi connectivity index (χ3n) is 2.31. The van der Waals surface area contributed by atoms with Gasteiger partial charge >= 0.3 is 7.60 Å². The maximum atomic E-state index is 11.9. The van der Waals surface area contributed by atoms with Gasteiger partial charge in [-0.25, -0.2) is 13.0 Å². The van der Waals surface area contributed by atoms with Crippen LogP contribution in [-0.4, -0.2) is 30.6 Å². The number of sulfonamides is 1. The first-order valence-electron chi connectivity index (χ1n) is 5.63. The van der Waals surface area contributed by atoms with Crippen molar-refractivity contribution in [3.63, 3.8) is 0 Å². The van der Waals surface area contributed by atoms with Gasteiger partial charge < -0.3 is 9.42 Å². The summed E-state index contributed by atoms with van der Waals surface area (Å²) in [6, 6.07) is 2.97. The Hall–Kier alpha value is -0.830. The smallest absolute Gasteiger partial charge is 0.391 e. The number of hydrogen-bond acceptors (Lipinski definition) is 6. The van der Waals surface area contributed by atoms with Gasteiger partial charge in [-0.15, -0.1) is 11.3 Å². The fourth-order valence-electron chi connectivity index (χ4n) is 1.43. The van der Waals surface area contributed by atoms with Crippen molar-refractivity contribution < 1.29 is 22.4 Å². The van der Waals surface area contributed by atoms with E-state index in [9.17, 15) is 17.9 Å². The SMILES string of the molecule is O=P(O)(CNS(=O)(=O)c1cccs1)OC1=CC=CN(Cl)C1. The number of nitrogens with one attached hydrogen (secondary N) is 1. The van der Waals surface area contributed by atoms with Crippen molar-refractivity contribution in [3.8, 4) is 0 Å². The van der Waals surface area contributed by atoms with E-state index in [1.165, 1.54) is 16.6 Å². The Morgan fingerprint density at radius 3 is 2.95 bits per heavy atom. The molecule has 0 fully saturated rings. The molecular formula is C10H12ClN2O5PS2. The molecule has 0 spiro atoms. The average Bonchev–Trinajstić information content (AvgIpc) is 2.91. The van der Waals surface area contributed by atoms with E-state index in [4.69, 9.17) is 16.3 Å². The summed E-state index contributed by atoms with van der Waals surface area (Å²) in [5.74, 6) is 0.175. The Balaban J connectivity index is 1.97. The minimum atomic E-state index is -4.16. The predicted octanol–water partition coefficient (Wildman–Crippen LogP) is 2.05. The van der Waals surface area contributed by atoms with Gasteiger partial charge in [0, 0.05) is 18.0 Å². The second-order valence-corrected chi connectivity index (χ2v) is 9.15. The third-order valence-corrected chi connectivity index (χ3v) is 6.63. The highest BCUT2D eigenvalue weighted by atomic mass is 35.5. The van der Waals surface area contributed by atoms with Crippen molar-refractivity contribution in [2.75, 3.05) is 12.8 Å². The Morgan fingerprint density at radius 1 is 1.57 bits per heavy atom. The monoisotopic (exact) mass is 370 g/mol. The molecule has 0 aromatic carbocycles. The molecule has 2 rings (SSSR count). The second-order valence-electron chi connectivity index (χ2n) is 4.00. The zero-order chi connectivity index (χ0) is 15.5. The normalized spacial score (nSPS) is 18.2. The summed E-state index contributed by atoms with van der Waals surface area (Å²) in [7, 11) is -7.97. The standard InChI is InChI=1S/C10H12ClN2O5PS2/c11-13-5-1-3-9(7-13)18-19(14,15)8-12-21(16,17)10-4-2-6-20-10/h1-6,12H,7-8H2,(H,14,15). The summed E-state index contributed by atoms with van der Waals surface area (Å²) in [5.41, 5.74) is 0. The molecule has 0 radical (unpaired) electrons. The predicted molar refractivity (Wildman–Crippen MR) is 80.2 cm³/mol. The van der Waals surface area contributed by atoms with E-state index in [2.05, 4.69) is 4.72 Å². The van der Waals surface area contributed by atoms with Crippen LogP contribution in [0.1, 0.15) is 0 Å². The molecule has 1 unspecified atom stereocenters. The second kappa shape index (κ2) is 6.51. The van der Waals surface area contributed by atoms with Crippen molar-refractivity contribution in [2.24, 2.45) is 0 Å². The van der Waals surface area contributed by atoms with Crippen LogP contribution in [0.25, 0.3) is 0 Å². The molecule has 0 bridgehead atoms. The maximum absolute atomic E-state index is 11.9. The first-order valence-corrected chi connectivity index (χ1v) is 10.1. The van der Waals surface area contributed by atoms with Crippen LogP contribution in [0.5, 0.6) is 0 Å². The lowest BCUT2D eigenvalue weighted by Gasteiger charge is -2.20. The lowest BCUT2D eigenvalue weighted by molar-refractivity contribution is 0.306. The number of halogens is 1. The molecule has 1 aliphatic heterocycles. The Labute approximate surface area is 131 Å². The Kier molecular flexibility index (Phi) is 5.13. The topological polar surface area (TPSA) is 95.9 Å². The van der Waals surface area contributed by atoms with Gasteiger partial charge in [0.25, 0.3) is 10.0 Å². The molecule has 1 aromatic rings. The fourth-order valence-corrected chi connectivity index (χ4v) is 5.19. The van der Waals surface area contributed by atoms with Crippen LogP contribution >= 0.6 is 30.7 Å². The number of hydrogen-bond donors (Lipinski definition) is 2. The van der Waals surface area contributed by atoms with E-state index in [1.54, 1.807) is 23.7 Å². The van der Waals surface area contributed by atoms with Gasteiger partial charge in [0.2, 0.25) is 0 Å². The average molecular weight is 371 g/mol. The minimum Gasteiger partial charge on any atom is -0.426 e. The molecule has 1 aliphatic rings. The molecule has 7 nitrogen and oxygen atoms in total. The highest BCUT2D eigenvalue weighted by molar-refractivity contribution is 7.91. The highest BCUT2D eigenvalue weighted by Gasteiger charge is 2.27. The zero-order valence-electron chi connectivity index (χ0n) is 10.5. The van der Waals surface area contributed by atoms with Gasteiger partial charge in [0.15, 0.2) is 0 Å². The van der Waals surface area contributed by atoms with Gasteiger partial charge in [-0.3, -0.25) is 4.42 Å². The summed E-state index contributed by atoms with van der Waals surface area (Å²) in [4.78, 5) is 9.70. The molecule has 2 N–H and O–H groups in total. The number of rotatable bonds is 6. The van der Waals surface area contributed by atoms with Crippen LogP contribution in [0.3, 0.4) is 0 Å². The molecule has 0 saturated heterocycles. The summed E-state index contributed by atoms with van der Waals surface area (Å²) in [6.45, 7) is 0.111. The van der Waals surface area contributed by atoms with Gasteiger partial charge in [0.05, 0.1) is 6.54 Å². The van der Waals surface area contributed by atoms with Crippen LogP contribution < -0.4 is 4.72 Å². The van der Waals surface area contributed by atoms with E-state index < -0.39 is 23.9 Å². The van der Waals surface area contributed by atoms with Crippen LogP contribution in [0.15, 0.2) is 45.8 Å². The maximum Gasteiger partial charge on any atom is 0.391 e.